The van der Waals surface area contributed by atoms with E-state index < -0.39 is 29.2 Å². The topological polar surface area (TPSA) is 87.3 Å². The Kier molecular flexibility index (Phi) is 2.30. The molecule has 3 heterocycles. The third-order valence-electron chi connectivity index (χ3n) is 4.39. The van der Waals surface area contributed by atoms with Gasteiger partial charge >= 0.3 is 0 Å². The molecule has 21 heavy (non-hydrogen) atoms. The fourth-order valence-electron chi connectivity index (χ4n) is 3.55. The van der Waals surface area contributed by atoms with E-state index in [0.717, 1.165) is 0 Å². The average molecular weight is 301 g/mol. The van der Waals surface area contributed by atoms with Gasteiger partial charge in [-0.15, -0.1) is 12.6 Å². The summed E-state index contributed by atoms with van der Waals surface area (Å²) in [5.41, 5.74) is 0.575. The molecule has 6 nitrogen and oxygen atoms in total. The van der Waals surface area contributed by atoms with Crippen LogP contribution < -0.4 is 16.0 Å². The van der Waals surface area contributed by atoms with Crippen LogP contribution in [0.3, 0.4) is 0 Å². The Bertz CT molecular complexity index is 745. The fraction of sp³-hybridized carbons (Fsp3) is 0.214. The number of hydrogen-bond donors (Lipinski definition) is 4. The number of rotatable bonds is 0. The first-order chi connectivity index (χ1) is 10.1. The number of benzene rings is 1. The maximum absolute atomic E-state index is 12.6. The second-order valence-corrected chi connectivity index (χ2v) is 5.58. The maximum Gasteiger partial charge on any atom is 0.255 e. The summed E-state index contributed by atoms with van der Waals surface area (Å²) in [4.78, 5) is 36.9. The number of hydrogen-bond acceptors (Lipinski definition) is 5. The number of fused-ring (bicyclic) bond motifs is 4. The molecule has 0 aromatic heterocycles. The molecule has 4 rings (SSSR count). The van der Waals surface area contributed by atoms with Crippen LogP contribution in [0.5, 0.6) is 0 Å². The third kappa shape index (κ3) is 1.31. The van der Waals surface area contributed by atoms with Gasteiger partial charge in [0, 0.05) is 16.9 Å². The van der Waals surface area contributed by atoms with Crippen molar-refractivity contribution in [1.82, 2.24) is 10.6 Å². The third-order valence-corrected chi connectivity index (χ3v) is 4.66. The van der Waals surface area contributed by atoms with Crippen molar-refractivity contribution in [2.75, 3.05) is 5.32 Å². The van der Waals surface area contributed by atoms with Gasteiger partial charge in [0.05, 0.1) is 11.8 Å². The molecule has 3 N–H and O–H groups in total. The summed E-state index contributed by atoms with van der Waals surface area (Å²) >= 11 is 4.10. The van der Waals surface area contributed by atoms with E-state index in [1.54, 1.807) is 24.3 Å². The van der Waals surface area contributed by atoms with Crippen LogP contribution in [0.25, 0.3) is 0 Å². The van der Waals surface area contributed by atoms with Crippen LogP contribution in [0.1, 0.15) is 5.56 Å². The number of imide groups is 1. The molecule has 3 unspecified atom stereocenters. The van der Waals surface area contributed by atoms with Crippen LogP contribution in [0.4, 0.5) is 5.69 Å². The summed E-state index contributed by atoms with van der Waals surface area (Å²) in [6.07, 6.45) is 0. The lowest BCUT2D eigenvalue weighted by Gasteiger charge is -2.27. The zero-order valence-electron chi connectivity index (χ0n) is 10.7. The summed E-state index contributed by atoms with van der Waals surface area (Å²) < 4.78 is 0. The minimum Gasteiger partial charge on any atom is -0.369 e. The van der Waals surface area contributed by atoms with E-state index in [4.69, 9.17) is 0 Å². The molecule has 3 amide bonds. The predicted molar refractivity (Wildman–Crippen MR) is 77.1 cm³/mol. The van der Waals surface area contributed by atoms with Crippen molar-refractivity contribution in [3.8, 4) is 0 Å². The molecule has 0 bridgehead atoms. The first kappa shape index (κ1) is 12.5. The molecule has 2 fully saturated rings. The lowest BCUT2D eigenvalue weighted by atomic mass is 9.77. The van der Waals surface area contributed by atoms with Crippen LogP contribution in [0, 0.1) is 11.8 Å². The minimum absolute atomic E-state index is 0.325. The van der Waals surface area contributed by atoms with Crippen molar-refractivity contribution in [3.05, 3.63) is 40.9 Å². The molecule has 3 aliphatic rings. The summed E-state index contributed by atoms with van der Waals surface area (Å²) in [6, 6.07) is 7.17. The standard InChI is InChI=1S/C14H11N3O3S/c18-11-9-8(5-21)17-14(10(9)12(19)16-11)6-3-1-2-4-7(6)15-13(14)20/h1-5,9-10,17,21H,(H,15,20)(H,16,18,19)/b8-5-. The Morgan fingerprint density at radius 3 is 2.62 bits per heavy atom. The van der Waals surface area contributed by atoms with Gasteiger partial charge in [0.2, 0.25) is 11.8 Å². The van der Waals surface area contributed by atoms with Gasteiger partial charge in [0.1, 0.15) is 0 Å². The SMILES string of the molecule is O=C1NC(=O)C2C1/C(=C/S)NC21C(=O)Nc2ccccc21. The van der Waals surface area contributed by atoms with Crippen LogP contribution in [-0.4, -0.2) is 17.7 Å². The quantitative estimate of drug-likeness (QED) is 0.404. The van der Waals surface area contributed by atoms with E-state index in [2.05, 4.69) is 28.6 Å². The highest BCUT2D eigenvalue weighted by molar-refractivity contribution is 7.83. The van der Waals surface area contributed by atoms with Crippen LogP contribution >= 0.6 is 12.6 Å². The Balaban J connectivity index is 1.98. The van der Waals surface area contributed by atoms with Gasteiger partial charge < -0.3 is 10.6 Å². The predicted octanol–water partition coefficient (Wildman–Crippen LogP) is 0.0972. The monoisotopic (exact) mass is 301 g/mol. The van der Waals surface area contributed by atoms with E-state index in [-0.39, 0.29) is 5.91 Å². The normalized spacial score (nSPS) is 34.7. The summed E-state index contributed by atoms with van der Waals surface area (Å²) in [6.45, 7) is 0. The van der Waals surface area contributed by atoms with E-state index in [1.807, 2.05) is 0 Å². The molecule has 0 aliphatic carbocycles. The molecule has 0 radical (unpaired) electrons. The molecule has 1 aromatic carbocycles. The first-order valence-corrected chi connectivity index (χ1v) is 6.99. The highest BCUT2D eigenvalue weighted by atomic mass is 32.1. The van der Waals surface area contributed by atoms with Crippen LogP contribution in [0.15, 0.2) is 35.4 Å². The zero-order valence-corrected chi connectivity index (χ0v) is 11.6. The smallest absolute Gasteiger partial charge is 0.255 e. The second-order valence-electron chi connectivity index (χ2n) is 5.33. The van der Waals surface area contributed by atoms with Crippen molar-refractivity contribution in [2.45, 2.75) is 5.54 Å². The number of amides is 3. The lowest BCUT2D eigenvalue weighted by Crippen LogP contribution is -2.50. The Morgan fingerprint density at radius 2 is 1.86 bits per heavy atom. The Labute approximate surface area is 125 Å². The molecule has 2 saturated heterocycles. The minimum atomic E-state index is -1.24. The molecule has 106 valence electrons. The van der Waals surface area contributed by atoms with Gasteiger partial charge in [-0.3, -0.25) is 19.7 Å². The van der Waals surface area contributed by atoms with Gasteiger partial charge in [-0.1, -0.05) is 18.2 Å². The molecule has 1 aromatic rings. The molecular formula is C14H11N3O3S. The van der Waals surface area contributed by atoms with E-state index in [0.29, 0.717) is 16.9 Å². The van der Waals surface area contributed by atoms with Crippen molar-refractivity contribution >= 4 is 36.0 Å². The van der Waals surface area contributed by atoms with Crippen molar-refractivity contribution in [2.24, 2.45) is 11.8 Å². The molecule has 0 saturated carbocycles. The summed E-state index contributed by atoms with van der Waals surface area (Å²) in [5.74, 6) is -2.66. The lowest BCUT2D eigenvalue weighted by molar-refractivity contribution is -0.132. The number of nitrogens with one attached hydrogen (secondary N) is 3. The largest absolute Gasteiger partial charge is 0.369 e. The van der Waals surface area contributed by atoms with Crippen LogP contribution in [0.2, 0.25) is 0 Å². The highest BCUT2D eigenvalue weighted by Gasteiger charge is 2.67. The van der Waals surface area contributed by atoms with Crippen molar-refractivity contribution in [1.29, 1.82) is 0 Å². The number of anilines is 1. The molecule has 7 heteroatoms. The molecular weight excluding hydrogens is 290 g/mol. The highest BCUT2D eigenvalue weighted by Crippen LogP contribution is 2.52. The fourth-order valence-corrected chi connectivity index (χ4v) is 3.78. The van der Waals surface area contributed by atoms with Gasteiger partial charge in [0.25, 0.3) is 5.91 Å². The second kappa shape index (κ2) is 3.88. The van der Waals surface area contributed by atoms with Gasteiger partial charge in [-0.2, -0.15) is 0 Å². The Hall–Kier alpha value is -2.28. The first-order valence-electron chi connectivity index (χ1n) is 6.47. The Morgan fingerprint density at radius 1 is 1.10 bits per heavy atom. The van der Waals surface area contributed by atoms with E-state index >= 15 is 0 Å². The molecule has 3 atom stereocenters. The number of carbonyl (C=O) groups excluding carboxylic acids is 3. The van der Waals surface area contributed by atoms with Crippen LogP contribution in [-0.2, 0) is 19.9 Å². The summed E-state index contributed by atoms with van der Waals surface area (Å²) in [5, 5.41) is 9.61. The number of para-hydroxylation sites is 1. The summed E-state index contributed by atoms with van der Waals surface area (Å²) in [7, 11) is 0. The number of thiol groups is 1. The van der Waals surface area contributed by atoms with E-state index in [9.17, 15) is 14.4 Å². The van der Waals surface area contributed by atoms with Gasteiger partial charge in [-0.05, 0) is 11.5 Å². The molecule has 1 spiro atoms. The average Bonchev–Trinajstić information content (AvgIpc) is 3.06. The van der Waals surface area contributed by atoms with E-state index in [1.165, 1.54) is 5.41 Å². The number of carbonyl (C=O) groups is 3. The maximum atomic E-state index is 12.6. The van der Waals surface area contributed by atoms with Gasteiger partial charge in [0.15, 0.2) is 5.54 Å². The molecule has 3 aliphatic heterocycles. The van der Waals surface area contributed by atoms with Gasteiger partial charge in [-0.25, -0.2) is 0 Å². The zero-order chi connectivity index (χ0) is 14.8. The van der Waals surface area contributed by atoms with Crippen molar-refractivity contribution in [3.63, 3.8) is 0 Å². The van der Waals surface area contributed by atoms with Crippen molar-refractivity contribution < 1.29 is 14.4 Å².